The van der Waals surface area contributed by atoms with Gasteiger partial charge in [-0.1, -0.05) is 49.0 Å². The van der Waals surface area contributed by atoms with Crippen LogP contribution in [0.4, 0.5) is 10.1 Å². The molecule has 0 aliphatic carbocycles. The molecule has 0 spiro atoms. The second-order valence-electron chi connectivity index (χ2n) is 8.08. The van der Waals surface area contributed by atoms with E-state index in [4.69, 9.17) is 4.74 Å². The fourth-order valence-corrected chi connectivity index (χ4v) is 5.33. The number of amides is 1. The number of carbonyl (C=O) groups excluding carboxylic acids is 1. The predicted octanol–water partition coefficient (Wildman–Crippen LogP) is 7.06. The van der Waals surface area contributed by atoms with E-state index in [1.54, 1.807) is 12.1 Å². The lowest BCUT2D eigenvalue weighted by atomic mass is 10.1. The van der Waals surface area contributed by atoms with Gasteiger partial charge in [-0.25, -0.2) is 4.39 Å². The number of thioether (sulfide) groups is 1. The second-order valence-corrected chi connectivity index (χ2v) is 10.1. The van der Waals surface area contributed by atoms with Gasteiger partial charge in [-0.2, -0.15) is 0 Å². The van der Waals surface area contributed by atoms with Gasteiger partial charge in [0.25, 0.3) is 5.91 Å². The monoisotopic (exact) mass is 552 g/mol. The van der Waals surface area contributed by atoms with Crippen LogP contribution in [0.2, 0.25) is 0 Å². The molecule has 35 heavy (non-hydrogen) atoms. The molecule has 0 unspecified atom stereocenters. The number of benzene rings is 3. The third-order valence-electron chi connectivity index (χ3n) is 5.47. The first-order valence-electron chi connectivity index (χ1n) is 11.3. The third kappa shape index (κ3) is 6.55. The predicted molar refractivity (Wildman–Crippen MR) is 146 cm³/mol. The maximum absolute atomic E-state index is 13.5. The van der Waals surface area contributed by atoms with Gasteiger partial charge >= 0.3 is 0 Å². The molecule has 0 radical (unpaired) electrons. The molecule has 1 aliphatic heterocycles. The fraction of sp³-hybridized carbons (Fsp3) is 0.179. The van der Waals surface area contributed by atoms with Crippen LogP contribution in [0.15, 0.2) is 82.7 Å². The zero-order chi connectivity index (χ0) is 24.8. The standard InChI is InChI=1S/C28H26BrFN2O2S/c1-3-6-21-13-20(15-24(29)26(21)34-17-19-7-5-8-22(30)14-19)16-25-27(33)32-28(35-25)31-23-11-9-18(4-2)10-12-23/h3,5,7-16,28,31H,1,4,6,17H2,2H3,(H,32,33)/b25-16-/t28-/m0/s1. The maximum Gasteiger partial charge on any atom is 0.260 e. The summed E-state index contributed by atoms with van der Waals surface area (Å²) in [6.07, 6.45) is 5.25. The molecule has 1 atom stereocenters. The molecule has 0 bridgehead atoms. The van der Waals surface area contributed by atoms with E-state index in [1.165, 1.54) is 29.5 Å². The molecule has 1 aliphatic rings. The number of hydrogen-bond acceptors (Lipinski definition) is 4. The van der Waals surface area contributed by atoms with Crippen molar-refractivity contribution < 1.29 is 13.9 Å². The van der Waals surface area contributed by atoms with Crippen molar-refractivity contribution >= 4 is 45.4 Å². The molecule has 3 aromatic rings. The van der Waals surface area contributed by atoms with Crippen molar-refractivity contribution in [2.24, 2.45) is 0 Å². The van der Waals surface area contributed by atoms with Gasteiger partial charge in [-0.3, -0.25) is 4.79 Å². The highest BCUT2D eigenvalue weighted by Gasteiger charge is 2.27. The van der Waals surface area contributed by atoms with Crippen molar-refractivity contribution in [2.75, 3.05) is 5.32 Å². The summed E-state index contributed by atoms with van der Waals surface area (Å²) in [4.78, 5) is 13.2. The van der Waals surface area contributed by atoms with Gasteiger partial charge in [0.15, 0.2) is 5.50 Å². The van der Waals surface area contributed by atoms with E-state index in [1.807, 2.05) is 36.4 Å². The number of nitrogens with one attached hydrogen (secondary N) is 2. The van der Waals surface area contributed by atoms with Gasteiger partial charge in [0.05, 0.1) is 9.38 Å². The minimum atomic E-state index is -0.295. The summed E-state index contributed by atoms with van der Waals surface area (Å²) in [5.74, 6) is 0.261. The summed E-state index contributed by atoms with van der Waals surface area (Å²) in [6.45, 7) is 6.21. The number of ether oxygens (including phenoxy) is 1. The highest BCUT2D eigenvalue weighted by atomic mass is 79.9. The molecular formula is C28H26BrFN2O2S. The third-order valence-corrected chi connectivity index (χ3v) is 7.09. The van der Waals surface area contributed by atoms with Crippen LogP contribution >= 0.6 is 27.7 Å². The van der Waals surface area contributed by atoms with E-state index in [0.29, 0.717) is 17.1 Å². The van der Waals surface area contributed by atoms with E-state index in [-0.39, 0.29) is 23.8 Å². The van der Waals surface area contributed by atoms with Crippen LogP contribution in [0.25, 0.3) is 6.08 Å². The number of hydrogen-bond donors (Lipinski definition) is 2. The average molecular weight is 553 g/mol. The lowest BCUT2D eigenvalue weighted by Crippen LogP contribution is -2.30. The van der Waals surface area contributed by atoms with Gasteiger partial charge < -0.3 is 15.4 Å². The van der Waals surface area contributed by atoms with Crippen molar-refractivity contribution in [3.63, 3.8) is 0 Å². The first-order chi connectivity index (χ1) is 16.9. The minimum Gasteiger partial charge on any atom is -0.487 e. The van der Waals surface area contributed by atoms with Crippen LogP contribution in [0, 0.1) is 5.82 Å². The molecule has 4 rings (SSSR count). The van der Waals surface area contributed by atoms with Gasteiger partial charge in [-0.05, 0) is 93.5 Å². The Hall–Kier alpha value is -3.03. The SMILES string of the molecule is C=CCc1cc(/C=C2\S[C@@H](Nc3ccc(CC)cc3)NC2=O)cc(Br)c1OCc1cccc(F)c1. The number of carbonyl (C=O) groups is 1. The molecular weight excluding hydrogens is 527 g/mol. The van der Waals surface area contributed by atoms with Crippen molar-refractivity contribution in [2.45, 2.75) is 31.9 Å². The highest BCUT2D eigenvalue weighted by molar-refractivity contribution is 9.10. The summed E-state index contributed by atoms with van der Waals surface area (Å²) in [5.41, 5.74) is 4.52. The maximum atomic E-state index is 13.5. The summed E-state index contributed by atoms with van der Waals surface area (Å²) in [5, 5.41) is 6.32. The Labute approximate surface area is 217 Å². The zero-order valence-corrected chi connectivity index (χ0v) is 21.7. The fourth-order valence-electron chi connectivity index (χ4n) is 3.71. The number of aryl methyl sites for hydroxylation is 1. The van der Waals surface area contributed by atoms with Crippen LogP contribution in [0.1, 0.15) is 29.2 Å². The van der Waals surface area contributed by atoms with E-state index in [9.17, 15) is 9.18 Å². The van der Waals surface area contributed by atoms with Crippen molar-refractivity contribution in [3.05, 3.63) is 111 Å². The first kappa shape index (κ1) is 25.1. The molecule has 180 valence electrons. The Morgan fingerprint density at radius 2 is 1.97 bits per heavy atom. The summed E-state index contributed by atoms with van der Waals surface area (Å²) < 4.78 is 20.3. The lowest BCUT2D eigenvalue weighted by Gasteiger charge is -2.14. The Morgan fingerprint density at radius 1 is 1.17 bits per heavy atom. The van der Waals surface area contributed by atoms with Crippen LogP contribution in [0.3, 0.4) is 0 Å². The molecule has 1 fully saturated rings. The number of allylic oxidation sites excluding steroid dienone is 1. The van der Waals surface area contributed by atoms with Crippen molar-refractivity contribution in [1.29, 1.82) is 0 Å². The summed E-state index contributed by atoms with van der Waals surface area (Å²) in [7, 11) is 0. The van der Waals surface area contributed by atoms with Crippen molar-refractivity contribution in [1.82, 2.24) is 5.32 Å². The number of halogens is 2. The molecule has 0 aromatic heterocycles. The largest absolute Gasteiger partial charge is 0.487 e. The number of anilines is 1. The van der Waals surface area contributed by atoms with Gasteiger partial charge in [0, 0.05) is 5.69 Å². The molecule has 1 heterocycles. The molecule has 0 saturated carbocycles. The normalized spacial score (nSPS) is 16.3. The van der Waals surface area contributed by atoms with E-state index < -0.39 is 0 Å². The van der Waals surface area contributed by atoms with Gasteiger partial charge in [0.2, 0.25) is 0 Å². The zero-order valence-electron chi connectivity index (χ0n) is 19.3. The van der Waals surface area contributed by atoms with E-state index >= 15 is 0 Å². The highest BCUT2D eigenvalue weighted by Crippen LogP contribution is 2.35. The van der Waals surface area contributed by atoms with Crippen LogP contribution in [0.5, 0.6) is 5.75 Å². The van der Waals surface area contributed by atoms with Gasteiger partial charge in [-0.15, -0.1) is 6.58 Å². The Balaban J connectivity index is 1.50. The molecule has 7 heteroatoms. The molecule has 3 aromatic carbocycles. The quantitative estimate of drug-likeness (QED) is 0.220. The summed E-state index contributed by atoms with van der Waals surface area (Å²) in [6, 6.07) is 18.5. The van der Waals surface area contributed by atoms with E-state index in [0.717, 1.165) is 33.3 Å². The summed E-state index contributed by atoms with van der Waals surface area (Å²) >= 11 is 5.05. The molecule has 1 saturated heterocycles. The second kappa shape index (κ2) is 11.6. The smallest absolute Gasteiger partial charge is 0.260 e. The Morgan fingerprint density at radius 3 is 2.69 bits per heavy atom. The van der Waals surface area contributed by atoms with Crippen LogP contribution in [-0.2, 0) is 24.2 Å². The Kier molecular flexibility index (Phi) is 8.31. The van der Waals surface area contributed by atoms with Crippen LogP contribution < -0.4 is 15.4 Å². The first-order valence-corrected chi connectivity index (χ1v) is 13.0. The van der Waals surface area contributed by atoms with Gasteiger partial charge in [0.1, 0.15) is 18.2 Å². The lowest BCUT2D eigenvalue weighted by molar-refractivity contribution is -0.116. The topological polar surface area (TPSA) is 50.4 Å². The minimum absolute atomic E-state index is 0.120. The van der Waals surface area contributed by atoms with Crippen LogP contribution in [-0.4, -0.2) is 11.4 Å². The average Bonchev–Trinajstić information content (AvgIpc) is 3.17. The molecule has 4 nitrogen and oxygen atoms in total. The Bertz CT molecular complexity index is 1260. The molecule has 1 amide bonds. The van der Waals surface area contributed by atoms with Crippen molar-refractivity contribution in [3.8, 4) is 5.75 Å². The molecule has 2 N–H and O–H groups in total. The van der Waals surface area contributed by atoms with E-state index in [2.05, 4.69) is 52.2 Å². The number of rotatable bonds is 9.